The van der Waals surface area contributed by atoms with E-state index in [1.807, 2.05) is 91.0 Å². The van der Waals surface area contributed by atoms with E-state index in [9.17, 15) is 24.4 Å². The molecule has 2 N–H and O–H groups in total. The lowest BCUT2D eigenvalue weighted by Gasteiger charge is -2.36. The van der Waals surface area contributed by atoms with Crippen LogP contribution in [0.4, 0.5) is 4.79 Å². The minimum atomic E-state index is -4.05. The zero-order valence-corrected chi connectivity index (χ0v) is 33.0. The molecule has 2 unspecified atom stereocenters. The summed E-state index contributed by atoms with van der Waals surface area (Å²) < 4.78 is 36.3. The molecule has 5 aromatic carbocycles. The number of urea groups is 1. The molecule has 6 rings (SSSR count). The Morgan fingerprint density at radius 1 is 0.649 bits per heavy atom. The maximum atomic E-state index is 14.9. The fourth-order valence-corrected chi connectivity index (χ4v) is 8.38. The summed E-state index contributed by atoms with van der Waals surface area (Å²) in [5.74, 6) is -0.0551. The number of nitrogens with zero attached hydrogens (tertiary/aromatic N) is 2. The molecule has 0 aliphatic carbocycles. The Balaban J connectivity index is 1.26. The number of rotatable bonds is 17. The number of carbonyl (C=O) groups excluding carboxylic acids is 2. The Kier molecular flexibility index (Phi) is 14.2. The van der Waals surface area contributed by atoms with Gasteiger partial charge in [0, 0.05) is 13.1 Å². The van der Waals surface area contributed by atoms with Crippen molar-refractivity contribution in [3.8, 4) is 11.5 Å². The van der Waals surface area contributed by atoms with Crippen molar-refractivity contribution < 1.29 is 42.9 Å². The molecule has 1 fully saturated rings. The van der Waals surface area contributed by atoms with Gasteiger partial charge in [-0.05, 0) is 73.2 Å². The minimum Gasteiger partial charge on any atom is -0.480 e. The molecule has 5 aromatic rings. The van der Waals surface area contributed by atoms with Crippen molar-refractivity contribution in [2.75, 3.05) is 13.0 Å². The van der Waals surface area contributed by atoms with E-state index in [1.54, 1.807) is 71.3 Å². The average molecular weight is 793 g/mol. The Bertz CT molecular complexity index is 2060. The molecule has 11 nitrogen and oxygen atoms in total. The summed E-state index contributed by atoms with van der Waals surface area (Å²) in [6.45, 7) is 3.68. The van der Waals surface area contributed by atoms with Crippen LogP contribution in [0.1, 0.15) is 36.1 Å². The van der Waals surface area contributed by atoms with Gasteiger partial charge in [0.15, 0.2) is 6.10 Å². The average Bonchev–Trinajstić information content (AvgIpc) is 3.29. The van der Waals surface area contributed by atoms with E-state index < -0.39 is 50.3 Å². The van der Waals surface area contributed by atoms with Gasteiger partial charge in [0.2, 0.25) is 6.35 Å². The third-order valence-electron chi connectivity index (χ3n) is 9.79. The van der Waals surface area contributed by atoms with Crippen molar-refractivity contribution >= 4 is 19.6 Å². The predicted molar refractivity (Wildman–Crippen MR) is 217 cm³/mol. The zero-order valence-electron chi connectivity index (χ0n) is 32.1. The first-order valence-corrected chi connectivity index (χ1v) is 20.8. The Hall–Kier alpha value is -5.45. The van der Waals surface area contributed by atoms with Gasteiger partial charge in [-0.15, -0.1) is 0 Å². The first-order valence-electron chi connectivity index (χ1n) is 19.1. The lowest BCUT2D eigenvalue weighted by Crippen LogP contribution is -2.50. The Morgan fingerprint density at radius 3 is 1.56 bits per heavy atom. The van der Waals surface area contributed by atoms with Gasteiger partial charge in [-0.1, -0.05) is 121 Å². The summed E-state index contributed by atoms with van der Waals surface area (Å²) in [5.41, 5.74) is 3.47. The number of carbonyl (C=O) groups is 2. The molecule has 0 aromatic heterocycles. The molecule has 1 saturated heterocycles. The predicted octanol–water partition coefficient (Wildman–Crippen LogP) is 7.65. The van der Waals surface area contributed by atoms with E-state index in [0.717, 1.165) is 22.3 Å². The zero-order chi connectivity index (χ0) is 40.2. The summed E-state index contributed by atoms with van der Waals surface area (Å²) in [5, 5.41) is 24.1. The fraction of sp³-hybridized carbons (Fsp3) is 0.289. The van der Waals surface area contributed by atoms with E-state index in [1.165, 1.54) is 6.92 Å². The highest BCUT2D eigenvalue weighted by Crippen LogP contribution is 2.49. The summed E-state index contributed by atoms with van der Waals surface area (Å²) in [7, 11) is -4.05. The molecule has 0 spiro atoms. The SMILES string of the molecule is CCOC(=O)C(C)OP(=O)(COc1ccc(C[C@@H]2[C@H](O)[C@@H](O)[C@@H](Cc3ccccc3)N(Cc3ccccc3)C(=O)N2Cc2ccccc2)cc1)Oc1ccccc1. The number of esters is 1. The van der Waals surface area contributed by atoms with Crippen molar-refractivity contribution in [1.82, 2.24) is 9.80 Å². The first-order chi connectivity index (χ1) is 27.6. The first kappa shape index (κ1) is 41.2. The molecule has 1 aliphatic heterocycles. The van der Waals surface area contributed by atoms with E-state index in [4.69, 9.17) is 18.5 Å². The Labute approximate surface area is 333 Å². The van der Waals surface area contributed by atoms with Crippen molar-refractivity contribution in [2.24, 2.45) is 0 Å². The molecule has 0 saturated carbocycles. The highest BCUT2D eigenvalue weighted by Gasteiger charge is 2.46. The largest absolute Gasteiger partial charge is 0.480 e. The van der Waals surface area contributed by atoms with Gasteiger partial charge in [-0.3, -0.25) is 4.52 Å². The van der Waals surface area contributed by atoms with Crippen LogP contribution in [0.2, 0.25) is 0 Å². The van der Waals surface area contributed by atoms with Crippen LogP contribution in [0.5, 0.6) is 11.5 Å². The standard InChI is InChI=1S/C45H49N2O9P/c1-3-53-44(50)33(2)55-57(52,56-39-22-14-7-15-23-39)32-54-38-26-24-35(25-27-38)29-41-43(49)42(48)40(28-34-16-8-4-9-17-34)46(30-36-18-10-5-11-19-36)45(51)47(41)31-37-20-12-6-13-21-37/h4-27,33,40-43,48-49H,3,28-32H2,1-2H3/t33?,40-,41-,42+,43+,57?/m1/s1. The lowest BCUT2D eigenvalue weighted by molar-refractivity contribution is -0.150. The molecule has 57 heavy (non-hydrogen) atoms. The fourth-order valence-electron chi connectivity index (χ4n) is 6.90. The van der Waals surface area contributed by atoms with Gasteiger partial charge in [0.1, 0.15) is 23.7 Å². The third kappa shape index (κ3) is 11.1. The smallest absolute Gasteiger partial charge is 0.417 e. The molecule has 0 bridgehead atoms. The van der Waals surface area contributed by atoms with Crippen LogP contribution in [0.25, 0.3) is 0 Å². The molecule has 2 amide bonds. The number of ether oxygens (including phenoxy) is 2. The molecule has 12 heteroatoms. The van der Waals surface area contributed by atoms with Crippen LogP contribution in [0.15, 0.2) is 146 Å². The maximum absolute atomic E-state index is 14.9. The summed E-state index contributed by atoms with van der Waals surface area (Å²) >= 11 is 0. The highest BCUT2D eigenvalue weighted by molar-refractivity contribution is 7.54. The number of aliphatic hydroxyl groups excluding tert-OH is 2. The normalized spacial score (nSPS) is 19.9. The van der Waals surface area contributed by atoms with E-state index in [-0.39, 0.29) is 37.9 Å². The molecule has 0 radical (unpaired) electrons. The number of hydrogen-bond acceptors (Lipinski definition) is 9. The van der Waals surface area contributed by atoms with Crippen LogP contribution in [0, 0.1) is 0 Å². The number of aliphatic hydroxyl groups is 2. The lowest BCUT2D eigenvalue weighted by atomic mass is 9.91. The second-order valence-electron chi connectivity index (χ2n) is 14.0. The third-order valence-corrected chi connectivity index (χ3v) is 11.4. The summed E-state index contributed by atoms with van der Waals surface area (Å²) in [4.78, 5) is 30.6. The van der Waals surface area contributed by atoms with Gasteiger partial charge in [0.25, 0.3) is 0 Å². The van der Waals surface area contributed by atoms with Gasteiger partial charge >= 0.3 is 19.6 Å². The van der Waals surface area contributed by atoms with Crippen LogP contribution in [0.3, 0.4) is 0 Å². The van der Waals surface area contributed by atoms with E-state index >= 15 is 0 Å². The number of hydrogen-bond donors (Lipinski definition) is 2. The maximum Gasteiger partial charge on any atom is 0.417 e. The molecular formula is C45H49N2O9P. The van der Waals surface area contributed by atoms with Gasteiger partial charge in [0.05, 0.1) is 18.7 Å². The van der Waals surface area contributed by atoms with E-state index in [0.29, 0.717) is 12.2 Å². The second-order valence-corrected chi connectivity index (χ2v) is 15.8. The highest BCUT2D eigenvalue weighted by atomic mass is 31.2. The van der Waals surface area contributed by atoms with Gasteiger partial charge in [-0.2, -0.15) is 0 Å². The minimum absolute atomic E-state index is 0.133. The van der Waals surface area contributed by atoms with Gasteiger partial charge in [-0.25, -0.2) is 14.2 Å². The quantitative estimate of drug-likeness (QED) is 0.0720. The van der Waals surface area contributed by atoms with Crippen molar-refractivity contribution in [2.45, 2.75) is 70.2 Å². The van der Waals surface area contributed by atoms with Crippen LogP contribution in [-0.4, -0.2) is 75.4 Å². The monoisotopic (exact) mass is 792 g/mol. The number of benzene rings is 5. The van der Waals surface area contributed by atoms with Gasteiger partial charge < -0.3 is 34.0 Å². The molecule has 298 valence electrons. The Morgan fingerprint density at radius 2 is 1.09 bits per heavy atom. The summed E-state index contributed by atoms with van der Waals surface area (Å²) in [6, 6.07) is 42.5. The number of amides is 2. The van der Waals surface area contributed by atoms with Crippen molar-refractivity contribution in [3.63, 3.8) is 0 Å². The van der Waals surface area contributed by atoms with Crippen LogP contribution < -0.4 is 9.26 Å². The van der Waals surface area contributed by atoms with Crippen molar-refractivity contribution in [3.05, 3.63) is 168 Å². The van der Waals surface area contributed by atoms with E-state index in [2.05, 4.69) is 0 Å². The molecular weight excluding hydrogens is 743 g/mol. The van der Waals surface area contributed by atoms with Crippen LogP contribution in [-0.2, 0) is 44.6 Å². The summed E-state index contributed by atoms with van der Waals surface area (Å²) in [6.07, 6.45) is -3.70. The topological polar surface area (TPSA) is 135 Å². The molecule has 1 heterocycles. The van der Waals surface area contributed by atoms with Crippen molar-refractivity contribution in [1.29, 1.82) is 0 Å². The number of para-hydroxylation sites is 1. The molecule has 1 aliphatic rings. The molecule has 6 atom stereocenters. The second kappa shape index (κ2) is 19.6. The van der Waals surface area contributed by atoms with Crippen LogP contribution >= 0.6 is 7.60 Å².